The first kappa shape index (κ1) is 23.1. The summed E-state index contributed by atoms with van der Waals surface area (Å²) in [4.78, 5) is 26.9. The minimum Gasteiger partial charge on any atom is -0.495 e. The molecule has 0 bridgehead atoms. The molecule has 2 aromatic rings. The number of likely N-dealkylation sites (tertiary alicyclic amines) is 1. The molecule has 8 nitrogen and oxygen atoms in total. The molecule has 0 spiro atoms. The molecular weight excluding hydrogens is 444 g/mol. The van der Waals surface area contributed by atoms with Crippen LogP contribution < -0.4 is 14.2 Å². The maximum atomic E-state index is 13.3. The van der Waals surface area contributed by atoms with Crippen molar-refractivity contribution in [1.29, 1.82) is 0 Å². The summed E-state index contributed by atoms with van der Waals surface area (Å²) in [5, 5.41) is 0. The number of carbonyl (C=O) groups is 2. The van der Waals surface area contributed by atoms with Crippen molar-refractivity contribution in [3.8, 4) is 11.5 Å². The highest BCUT2D eigenvalue weighted by Gasteiger charge is 2.47. The molecule has 1 saturated heterocycles. The predicted octanol–water partition coefficient (Wildman–Crippen LogP) is 3.49. The molecule has 2 atom stereocenters. The van der Waals surface area contributed by atoms with Crippen LogP contribution in [-0.4, -0.2) is 39.4 Å². The zero-order valence-corrected chi connectivity index (χ0v) is 19.8. The Morgan fingerprint density at radius 1 is 0.939 bits per heavy atom. The number of aryl methyl sites for hydroxylation is 1. The van der Waals surface area contributed by atoms with E-state index >= 15 is 0 Å². The monoisotopic (exact) mass is 472 g/mol. The van der Waals surface area contributed by atoms with Gasteiger partial charge in [0.2, 0.25) is 11.8 Å². The van der Waals surface area contributed by atoms with Gasteiger partial charge in [-0.2, -0.15) is 0 Å². The number of imide groups is 1. The van der Waals surface area contributed by atoms with Crippen LogP contribution in [0.1, 0.15) is 36.8 Å². The molecule has 0 radical (unpaired) electrons. The zero-order chi connectivity index (χ0) is 23.8. The number of methoxy groups -OCH3 is 2. The molecule has 0 unspecified atom stereocenters. The lowest BCUT2D eigenvalue weighted by Crippen LogP contribution is -2.30. The maximum Gasteiger partial charge on any atom is 0.265 e. The number of hydrogen-bond acceptors (Lipinski definition) is 6. The Hall–Kier alpha value is -3.07. The van der Waals surface area contributed by atoms with Crippen LogP contribution >= 0.6 is 0 Å². The highest BCUT2D eigenvalue weighted by atomic mass is 32.2. The Balaban J connectivity index is 1.64. The van der Waals surface area contributed by atoms with Gasteiger partial charge in [0.25, 0.3) is 10.0 Å². The lowest BCUT2D eigenvalue weighted by Gasteiger charge is -2.19. The van der Waals surface area contributed by atoms with Crippen molar-refractivity contribution in [3.05, 3.63) is 47.5 Å². The molecule has 176 valence electrons. The fraction of sp³-hybridized carbons (Fsp3) is 0.417. The molecule has 9 heteroatoms. The summed E-state index contributed by atoms with van der Waals surface area (Å²) in [6.07, 6.45) is 3.37. The van der Waals surface area contributed by atoms with E-state index in [0.717, 1.165) is 31.2 Å². The number of hydrogen-bond donors (Lipinski definition) is 1. The Bertz CT molecular complexity index is 1170. The molecule has 1 N–H and O–H groups in total. The number of sulfonamides is 1. The van der Waals surface area contributed by atoms with Crippen LogP contribution in [0.15, 0.2) is 41.3 Å². The quantitative estimate of drug-likeness (QED) is 0.619. The third-order valence-electron chi connectivity index (χ3n) is 6.39. The second-order valence-electron chi connectivity index (χ2n) is 8.55. The van der Waals surface area contributed by atoms with Gasteiger partial charge in [-0.05, 0) is 55.2 Å². The lowest BCUT2D eigenvalue weighted by atomic mass is 9.81. The van der Waals surface area contributed by atoms with E-state index in [1.165, 1.54) is 31.3 Å². The first-order valence-electron chi connectivity index (χ1n) is 10.9. The number of rotatable bonds is 7. The molecule has 2 amide bonds. The molecule has 0 aromatic heterocycles. The van der Waals surface area contributed by atoms with E-state index in [2.05, 4.69) is 4.72 Å². The van der Waals surface area contributed by atoms with Gasteiger partial charge in [0, 0.05) is 0 Å². The van der Waals surface area contributed by atoms with Crippen molar-refractivity contribution in [3.63, 3.8) is 0 Å². The molecule has 1 aliphatic heterocycles. The average molecular weight is 473 g/mol. The zero-order valence-electron chi connectivity index (χ0n) is 19.0. The van der Waals surface area contributed by atoms with E-state index in [0.29, 0.717) is 17.0 Å². The Morgan fingerprint density at radius 2 is 1.55 bits per heavy atom. The average Bonchev–Trinajstić information content (AvgIpc) is 3.04. The molecule has 1 saturated carbocycles. The van der Waals surface area contributed by atoms with Crippen LogP contribution in [-0.2, 0) is 26.2 Å². The second-order valence-corrected chi connectivity index (χ2v) is 10.2. The van der Waals surface area contributed by atoms with Gasteiger partial charge in [-0.15, -0.1) is 0 Å². The van der Waals surface area contributed by atoms with Crippen molar-refractivity contribution in [2.75, 3.05) is 18.9 Å². The number of anilines is 1. The molecule has 1 heterocycles. The van der Waals surface area contributed by atoms with Gasteiger partial charge in [-0.1, -0.05) is 25.0 Å². The van der Waals surface area contributed by atoms with Crippen molar-refractivity contribution >= 4 is 27.5 Å². The molecule has 33 heavy (non-hydrogen) atoms. The smallest absolute Gasteiger partial charge is 0.265 e. The van der Waals surface area contributed by atoms with Crippen molar-refractivity contribution < 1.29 is 27.5 Å². The maximum absolute atomic E-state index is 13.3. The summed E-state index contributed by atoms with van der Waals surface area (Å²) < 4.78 is 39.7. The van der Waals surface area contributed by atoms with Gasteiger partial charge in [0.15, 0.2) is 0 Å². The Kier molecular flexibility index (Phi) is 6.34. The van der Waals surface area contributed by atoms with Gasteiger partial charge in [0.05, 0.1) is 38.3 Å². The highest BCUT2D eigenvalue weighted by Crippen LogP contribution is 2.39. The largest absolute Gasteiger partial charge is 0.495 e. The highest BCUT2D eigenvalue weighted by molar-refractivity contribution is 7.92. The van der Waals surface area contributed by atoms with Crippen molar-refractivity contribution in [1.82, 2.24) is 4.90 Å². The SMILES string of the molecule is COc1ccc(C)cc1NS(=O)(=O)c1cc(CN2C(=O)[C@H]3CCCC[C@@H]3C2=O)ccc1OC. The minimum absolute atomic E-state index is 0.0327. The summed E-state index contributed by atoms with van der Waals surface area (Å²) in [6, 6.07) is 9.84. The van der Waals surface area contributed by atoms with Crippen LogP contribution in [0, 0.1) is 18.8 Å². The molecule has 1 aliphatic carbocycles. The topological polar surface area (TPSA) is 102 Å². The van der Waals surface area contributed by atoms with E-state index in [9.17, 15) is 18.0 Å². The van der Waals surface area contributed by atoms with Crippen LogP contribution in [0.4, 0.5) is 5.69 Å². The van der Waals surface area contributed by atoms with E-state index in [4.69, 9.17) is 9.47 Å². The van der Waals surface area contributed by atoms with E-state index in [1.54, 1.807) is 18.2 Å². The number of amides is 2. The molecule has 2 aliphatic rings. The minimum atomic E-state index is -4.05. The standard InChI is InChI=1S/C24H28N2O6S/c1-15-8-10-20(31-2)19(12-15)25-33(29,30)22-13-16(9-11-21(22)32-3)14-26-23(27)17-6-4-5-7-18(17)24(26)28/h8-13,17-18,25H,4-7,14H2,1-3H3/t17-,18-/m0/s1. The Morgan fingerprint density at radius 3 is 2.15 bits per heavy atom. The third kappa shape index (κ3) is 4.42. The van der Waals surface area contributed by atoms with Gasteiger partial charge < -0.3 is 9.47 Å². The first-order chi connectivity index (χ1) is 15.7. The van der Waals surface area contributed by atoms with Crippen LogP contribution in [0.2, 0.25) is 0 Å². The normalized spacial score (nSPS) is 20.5. The summed E-state index contributed by atoms with van der Waals surface area (Å²) in [5.41, 5.74) is 1.70. The fourth-order valence-electron chi connectivity index (χ4n) is 4.70. The number of benzene rings is 2. The molecule has 2 fully saturated rings. The number of nitrogens with zero attached hydrogens (tertiary/aromatic N) is 1. The summed E-state index contributed by atoms with van der Waals surface area (Å²) in [5.74, 6) is -0.271. The number of carbonyl (C=O) groups excluding carboxylic acids is 2. The van der Waals surface area contributed by atoms with Gasteiger partial charge >= 0.3 is 0 Å². The number of ether oxygens (including phenoxy) is 2. The van der Waals surface area contributed by atoms with Crippen molar-refractivity contribution in [2.45, 2.75) is 44.0 Å². The van der Waals surface area contributed by atoms with E-state index in [1.807, 2.05) is 13.0 Å². The second kappa shape index (κ2) is 9.05. The lowest BCUT2D eigenvalue weighted by molar-refractivity contribution is -0.140. The molecule has 4 rings (SSSR count). The summed E-state index contributed by atoms with van der Waals surface area (Å²) >= 11 is 0. The van der Waals surface area contributed by atoms with E-state index < -0.39 is 10.0 Å². The first-order valence-corrected chi connectivity index (χ1v) is 12.4. The summed E-state index contributed by atoms with van der Waals surface area (Å²) in [7, 11) is -1.20. The van der Waals surface area contributed by atoms with Crippen LogP contribution in [0.25, 0.3) is 0 Å². The third-order valence-corrected chi connectivity index (χ3v) is 7.78. The van der Waals surface area contributed by atoms with Crippen molar-refractivity contribution in [2.24, 2.45) is 11.8 Å². The summed E-state index contributed by atoms with van der Waals surface area (Å²) in [6.45, 7) is 1.88. The molecular formula is C24H28N2O6S. The van der Waals surface area contributed by atoms with Crippen LogP contribution in [0.5, 0.6) is 11.5 Å². The Labute approximate surface area is 193 Å². The van der Waals surface area contributed by atoms with E-state index in [-0.39, 0.29) is 40.8 Å². The number of nitrogens with one attached hydrogen (secondary N) is 1. The number of fused-ring (bicyclic) bond motifs is 1. The predicted molar refractivity (Wildman–Crippen MR) is 123 cm³/mol. The molecule has 2 aromatic carbocycles. The fourth-order valence-corrected chi connectivity index (χ4v) is 5.98. The van der Waals surface area contributed by atoms with Gasteiger partial charge in [0.1, 0.15) is 16.4 Å². The van der Waals surface area contributed by atoms with Gasteiger partial charge in [-0.3, -0.25) is 19.2 Å². The van der Waals surface area contributed by atoms with Gasteiger partial charge in [-0.25, -0.2) is 8.42 Å². The van der Waals surface area contributed by atoms with Crippen LogP contribution in [0.3, 0.4) is 0 Å².